The Labute approximate surface area is 110 Å². The summed E-state index contributed by atoms with van der Waals surface area (Å²) in [6.07, 6.45) is 0.831. The Morgan fingerprint density at radius 2 is 1.78 bits per heavy atom. The maximum absolute atomic E-state index is 9.38. The largest absolute Gasteiger partial charge is 0.493 e. The second-order valence-corrected chi connectivity index (χ2v) is 5.53. The summed E-state index contributed by atoms with van der Waals surface area (Å²) in [6.45, 7) is 7.19. The molecule has 3 heteroatoms. The van der Waals surface area contributed by atoms with Crippen molar-refractivity contribution in [2.24, 2.45) is 11.3 Å². The zero-order valence-corrected chi connectivity index (χ0v) is 11.8. The first-order valence-electron chi connectivity index (χ1n) is 6.35. The second-order valence-electron chi connectivity index (χ2n) is 5.53. The number of para-hydroxylation sites is 2. The van der Waals surface area contributed by atoms with Crippen LogP contribution in [0.4, 0.5) is 0 Å². The van der Waals surface area contributed by atoms with Gasteiger partial charge in [0.2, 0.25) is 0 Å². The van der Waals surface area contributed by atoms with Crippen molar-refractivity contribution < 1.29 is 14.6 Å². The van der Waals surface area contributed by atoms with Gasteiger partial charge in [0.1, 0.15) is 0 Å². The van der Waals surface area contributed by atoms with Crippen molar-refractivity contribution in [3.8, 4) is 11.5 Å². The molecule has 102 valence electrons. The molecule has 1 atom stereocenters. The van der Waals surface area contributed by atoms with Crippen LogP contribution in [0.25, 0.3) is 0 Å². The molecule has 0 aliphatic carbocycles. The smallest absolute Gasteiger partial charge is 0.161 e. The molecule has 0 saturated heterocycles. The molecule has 1 unspecified atom stereocenters. The maximum Gasteiger partial charge on any atom is 0.161 e. The minimum atomic E-state index is 0.0961. The second kappa shape index (κ2) is 6.64. The zero-order chi connectivity index (χ0) is 13.6. The topological polar surface area (TPSA) is 38.7 Å². The summed E-state index contributed by atoms with van der Waals surface area (Å²) in [5.74, 6) is 1.74. The summed E-state index contributed by atoms with van der Waals surface area (Å²) in [6, 6.07) is 7.61. The van der Waals surface area contributed by atoms with E-state index in [1.807, 2.05) is 24.3 Å². The molecule has 1 N–H and O–H groups in total. The SMILES string of the molecule is COc1ccccc1OCCC(CO)C(C)(C)C. The molecule has 18 heavy (non-hydrogen) atoms. The van der Waals surface area contributed by atoms with Crippen LogP contribution in [-0.4, -0.2) is 25.4 Å². The van der Waals surface area contributed by atoms with Gasteiger partial charge in [-0.1, -0.05) is 32.9 Å². The highest BCUT2D eigenvalue weighted by molar-refractivity contribution is 5.39. The van der Waals surface area contributed by atoms with E-state index in [4.69, 9.17) is 9.47 Å². The van der Waals surface area contributed by atoms with E-state index in [0.29, 0.717) is 6.61 Å². The van der Waals surface area contributed by atoms with E-state index in [9.17, 15) is 5.11 Å². The predicted octanol–water partition coefficient (Wildman–Crippen LogP) is 3.12. The first-order chi connectivity index (χ1) is 8.49. The molecule has 0 heterocycles. The highest BCUT2D eigenvalue weighted by Crippen LogP contribution is 2.30. The lowest BCUT2D eigenvalue weighted by Gasteiger charge is -2.29. The predicted molar refractivity (Wildman–Crippen MR) is 73.1 cm³/mol. The Morgan fingerprint density at radius 1 is 1.17 bits per heavy atom. The van der Waals surface area contributed by atoms with E-state index in [0.717, 1.165) is 17.9 Å². The lowest BCUT2D eigenvalue weighted by Crippen LogP contribution is -2.25. The van der Waals surface area contributed by atoms with Gasteiger partial charge in [-0.3, -0.25) is 0 Å². The van der Waals surface area contributed by atoms with Crippen molar-refractivity contribution in [1.82, 2.24) is 0 Å². The monoisotopic (exact) mass is 252 g/mol. The van der Waals surface area contributed by atoms with Crippen molar-refractivity contribution in [1.29, 1.82) is 0 Å². The number of rotatable bonds is 6. The molecule has 1 aromatic carbocycles. The van der Waals surface area contributed by atoms with E-state index >= 15 is 0 Å². The molecule has 0 aromatic heterocycles. The van der Waals surface area contributed by atoms with Gasteiger partial charge in [0.25, 0.3) is 0 Å². The number of benzene rings is 1. The lowest BCUT2D eigenvalue weighted by molar-refractivity contribution is 0.106. The average Bonchev–Trinajstić information content (AvgIpc) is 2.33. The minimum absolute atomic E-state index is 0.0961. The number of methoxy groups -OCH3 is 1. The number of aliphatic hydroxyl groups excluding tert-OH is 1. The number of hydrogen-bond acceptors (Lipinski definition) is 3. The fourth-order valence-electron chi connectivity index (χ4n) is 1.85. The molecule has 0 aliphatic heterocycles. The zero-order valence-electron chi connectivity index (χ0n) is 11.8. The van der Waals surface area contributed by atoms with Crippen molar-refractivity contribution >= 4 is 0 Å². The van der Waals surface area contributed by atoms with Crippen molar-refractivity contribution in [2.45, 2.75) is 27.2 Å². The van der Waals surface area contributed by atoms with Gasteiger partial charge in [-0.25, -0.2) is 0 Å². The van der Waals surface area contributed by atoms with Crippen LogP contribution in [0.2, 0.25) is 0 Å². The summed E-state index contributed by atoms with van der Waals surface area (Å²) in [7, 11) is 1.63. The van der Waals surface area contributed by atoms with Gasteiger partial charge >= 0.3 is 0 Å². The molecule has 0 saturated carbocycles. The van der Waals surface area contributed by atoms with Crippen molar-refractivity contribution in [3.05, 3.63) is 24.3 Å². The Morgan fingerprint density at radius 3 is 2.28 bits per heavy atom. The summed E-state index contributed by atoms with van der Waals surface area (Å²) in [4.78, 5) is 0. The van der Waals surface area contributed by atoms with Gasteiger partial charge < -0.3 is 14.6 Å². The van der Waals surface area contributed by atoms with E-state index < -0.39 is 0 Å². The summed E-state index contributed by atoms with van der Waals surface area (Å²) in [5, 5.41) is 9.38. The summed E-state index contributed by atoms with van der Waals surface area (Å²) < 4.78 is 10.9. The van der Waals surface area contributed by atoms with Crippen LogP contribution in [0.1, 0.15) is 27.2 Å². The van der Waals surface area contributed by atoms with Crippen LogP contribution in [0, 0.1) is 11.3 Å². The molecule has 3 nitrogen and oxygen atoms in total. The molecule has 0 fully saturated rings. The van der Waals surface area contributed by atoms with Crippen molar-refractivity contribution in [2.75, 3.05) is 20.3 Å². The summed E-state index contributed by atoms with van der Waals surface area (Å²) in [5.41, 5.74) is 0.0961. The number of ether oxygens (including phenoxy) is 2. The molecular formula is C15H24O3. The lowest BCUT2D eigenvalue weighted by atomic mass is 9.79. The molecular weight excluding hydrogens is 228 g/mol. The van der Waals surface area contributed by atoms with Crippen LogP contribution in [0.5, 0.6) is 11.5 Å². The van der Waals surface area contributed by atoms with Gasteiger partial charge in [0.05, 0.1) is 13.7 Å². The van der Waals surface area contributed by atoms with Gasteiger partial charge in [-0.05, 0) is 29.9 Å². The third-order valence-electron chi connectivity index (χ3n) is 3.24. The molecule has 0 spiro atoms. The Bertz CT molecular complexity index is 355. The van der Waals surface area contributed by atoms with Crippen LogP contribution < -0.4 is 9.47 Å². The standard InChI is InChI=1S/C15H24O3/c1-15(2,3)12(11-16)9-10-18-14-8-6-5-7-13(14)17-4/h5-8,12,16H,9-11H2,1-4H3. The Kier molecular flexibility index (Phi) is 5.48. The Hall–Kier alpha value is -1.22. The van der Waals surface area contributed by atoms with Gasteiger partial charge in [-0.2, -0.15) is 0 Å². The first-order valence-corrected chi connectivity index (χ1v) is 6.35. The number of aliphatic hydroxyl groups is 1. The van der Waals surface area contributed by atoms with E-state index in [2.05, 4.69) is 20.8 Å². The summed E-state index contributed by atoms with van der Waals surface area (Å²) >= 11 is 0. The molecule has 0 bridgehead atoms. The highest BCUT2D eigenvalue weighted by Gasteiger charge is 2.23. The molecule has 1 rings (SSSR count). The number of hydrogen-bond donors (Lipinski definition) is 1. The van der Waals surface area contributed by atoms with Crippen LogP contribution in [-0.2, 0) is 0 Å². The quantitative estimate of drug-likeness (QED) is 0.845. The van der Waals surface area contributed by atoms with E-state index in [1.165, 1.54) is 0 Å². The molecule has 0 aliphatic rings. The molecule has 0 radical (unpaired) electrons. The minimum Gasteiger partial charge on any atom is -0.493 e. The van der Waals surface area contributed by atoms with Gasteiger partial charge in [0.15, 0.2) is 11.5 Å². The van der Waals surface area contributed by atoms with Crippen molar-refractivity contribution in [3.63, 3.8) is 0 Å². The van der Waals surface area contributed by atoms with Gasteiger partial charge in [0, 0.05) is 6.61 Å². The third kappa shape index (κ3) is 4.22. The van der Waals surface area contributed by atoms with Crippen LogP contribution >= 0.6 is 0 Å². The van der Waals surface area contributed by atoms with Crippen LogP contribution in [0.3, 0.4) is 0 Å². The Balaban J connectivity index is 2.50. The average molecular weight is 252 g/mol. The molecule has 0 amide bonds. The van der Waals surface area contributed by atoms with E-state index in [-0.39, 0.29) is 17.9 Å². The fourth-order valence-corrected chi connectivity index (χ4v) is 1.85. The normalized spacial score (nSPS) is 13.2. The van der Waals surface area contributed by atoms with E-state index in [1.54, 1.807) is 7.11 Å². The first kappa shape index (κ1) is 14.8. The van der Waals surface area contributed by atoms with Crippen LogP contribution in [0.15, 0.2) is 24.3 Å². The van der Waals surface area contributed by atoms with Gasteiger partial charge in [-0.15, -0.1) is 0 Å². The maximum atomic E-state index is 9.38. The molecule has 1 aromatic rings. The highest BCUT2D eigenvalue weighted by atomic mass is 16.5. The fraction of sp³-hybridized carbons (Fsp3) is 0.600. The third-order valence-corrected chi connectivity index (χ3v) is 3.24.